The summed E-state index contributed by atoms with van der Waals surface area (Å²) in [6, 6.07) is 15.7. The molecule has 1 aromatic carbocycles. The predicted octanol–water partition coefficient (Wildman–Crippen LogP) is 3.25. The molecule has 1 N–H and O–H groups in total. The molecule has 4 heteroatoms. The summed E-state index contributed by atoms with van der Waals surface area (Å²) < 4.78 is 0. The number of hydrogen-bond acceptors (Lipinski definition) is 2. The van der Waals surface area contributed by atoms with Crippen LogP contribution in [0.2, 0.25) is 0 Å². The molecule has 0 bridgehead atoms. The topological polar surface area (TPSA) is 55.7 Å². The monoisotopic (exact) mass is 259 g/mol. The van der Waals surface area contributed by atoms with E-state index in [1.807, 2.05) is 54.7 Å². The van der Waals surface area contributed by atoms with Crippen molar-refractivity contribution in [1.82, 2.24) is 19.9 Å². The third kappa shape index (κ3) is 1.70. The van der Waals surface area contributed by atoms with E-state index in [9.17, 15) is 0 Å². The highest BCUT2D eigenvalue weighted by Crippen LogP contribution is 2.28. The Hall–Kier alpha value is -2.88. The molecule has 0 fully saturated rings. The van der Waals surface area contributed by atoms with Gasteiger partial charge in [0.2, 0.25) is 0 Å². The van der Waals surface area contributed by atoms with Gasteiger partial charge < -0.3 is 9.97 Å². The minimum Gasteiger partial charge on any atom is -0.662 e. The van der Waals surface area contributed by atoms with Crippen LogP contribution in [0.5, 0.6) is 0 Å². The summed E-state index contributed by atoms with van der Waals surface area (Å²) in [4.78, 5) is 17.0. The SMILES string of the molecule is c1c[n-]c(-c2nc3ccccc3nc2-c2ccc[nH]2)c1. The van der Waals surface area contributed by atoms with Crippen molar-refractivity contribution < 1.29 is 0 Å². The zero-order valence-electron chi connectivity index (χ0n) is 10.6. The molecule has 0 radical (unpaired) electrons. The van der Waals surface area contributed by atoms with Gasteiger partial charge >= 0.3 is 0 Å². The molecule has 4 rings (SSSR count). The van der Waals surface area contributed by atoms with Crippen LogP contribution >= 0.6 is 0 Å². The minimum absolute atomic E-state index is 0.802. The van der Waals surface area contributed by atoms with Crippen molar-refractivity contribution in [3.63, 3.8) is 0 Å². The zero-order chi connectivity index (χ0) is 13.4. The van der Waals surface area contributed by atoms with E-state index in [0.717, 1.165) is 33.8 Å². The number of H-pyrrole nitrogens is 1. The number of hydrogen-bond donors (Lipinski definition) is 1. The van der Waals surface area contributed by atoms with Crippen LogP contribution in [0.25, 0.3) is 33.8 Å². The average molecular weight is 259 g/mol. The van der Waals surface area contributed by atoms with E-state index >= 15 is 0 Å². The maximum absolute atomic E-state index is 4.74. The van der Waals surface area contributed by atoms with E-state index in [1.54, 1.807) is 6.20 Å². The second-order valence-corrected chi connectivity index (χ2v) is 4.52. The molecule has 0 aliphatic carbocycles. The molecule has 20 heavy (non-hydrogen) atoms. The largest absolute Gasteiger partial charge is 0.662 e. The standard InChI is InChI=1S/C16H11N4/c1-2-6-12-11(5-1)19-15(13-7-3-9-17-13)16(20-12)14-8-4-10-18-14/h1-10,17H/q-1. The van der Waals surface area contributed by atoms with Crippen molar-refractivity contribution in [3.05, 3.63) is 60.9 Å². The molecular weight excluding hydrogens is 248 g/mol. The molecule has 0 atom stereocenters. The molecule has 4 nitrogen and oxygen atoms in total. The molecule has 0 saturated carbocycles. The molecule has 0 spiro atoms. The number of nitrogens with one attached hydrogen (secondary N) is 1. The van der Waals surface area contributed by atoms with Crippen LogP contribution in [0.4, 0.5) is 0 Å². The Balaban J connectivity index is 2.06. The highest BCUT2D eigenvalue weighted by Gasteiger charge is 2.10. The average Bonchev–Trinajstić information content (AvgIpc) is 3.19. The van der Waals surface area contributed by atoms with Crippen molar-refractivity contribution in [3.8, 4) is 22.8 Å². The van der Waals surface area contributed by atoms with Gasteiger partial charge in [-0.1, -0.05) is 24.3 Å². The molecule has 96 valence electrons. The Kier molecular flexibility index (Phi) is 2.39. The fourth-order valence-corrected chi connectivity index (χ4v) is 2.28. The first-order valence-electron chi connectivity index (χ1n) is 6.40. The van der Waals surface area contributed by atoms with Crippen LogP contribution < -0.4 is 4.98 Å². The summed E-state index contributed by atoms with van der Waals surface area (Å²) in [6.45, 7) is 0. The van der Waals surface area contributed by atoms with Gasteiger partial charge in [-0.2, -0.15) is 6.20 Å². The maximum Gasteiger partial charge on any atom is 0.112 e. The van der Waals surface area contributed by atoms with Crippen LogP contribution in [-0.2, 0) is 0 Å². The van der Waals surface area contributed by atoms with E-state index in [4.69, 9.17) is 9.97 Å². The fraction of sp³-hybridized carbons (Fsp3) is 0. The second kappa shape index (κ2) is 4.35. The number of aromatic nitrogens is 4. The first kappa shape index (κ1) is 11.0. The lowest BCUT2D eigenvalue weighted by Crippen LogP contribution is -1.96. The van der Waals surface area contributed by atoms with Crippen LogP contribution in [0.15, 0.2) is 60.9 Å². The molecule has 3 aromatic heterocycles. The Bertz CT molecular complexity index is 773. The van der Waals surface area contributed by atoms with Crippen molar-refractivity contribution in [1.29, 1.82) is 0 Å². The zero-order valence-corrected chi connectivity index (χ0v) is 10.6. The van der Waals surface area contributed by atoms with Crippen molar-refractivity contribution in [2.24, 2.45) is 0 Å². The highest BCUT2D eigenvalue weighted by atomic mass is 14.9. The van der Waals surface area contributed by atoms with Gasteiger partial charge in [-0.3, -0.25) is 0 Å². The number of aromatic amines is 1. The maximum atomic E-state index is 4.74. The third-order valence-corrected chi connectivity index (χ3v) is 3.22. The summed E-state index contributed by atoms with van der Waals surface area (Å²) in [5.41, 5.74) is 5.17. The summed E-state index contributed by atoms with van der Waals surface area (Å²) in [5, 5.41) is 0. The van der Waals surface area contributed by atoms with Crippen molar-refractivity contribution >= 4 is 11.0 Å². The van der Waals surface area contributed by atoms with Crippen LogP contribution in [-0.4, -0.2) is 15.0 Å². The minimum atomic E-state index is 0.802. The van der Waals surface area contributed by atoms with E-state index in [-0.39, 0.29) is 0 Å². The van der Waals surface area contributed by atoms with E-state index in [2.05, 4.69) is 9.97 Å². The van der Waals surface area contributed by atoms with Gasteiger partial charge in [-0.15, -0.1) is 5.69 Å². The van der Waals surface area contributed by atoms with Gasteiger partial charge in [0.05, 0.1) is 22.4 Å². The molecular formula is C16H11N4-. The lowest BCUT2D eigenvalue weighted by atomic mass is 10.1. The smallest absolute Gasteiger partial charge is 0.112 e. The third-order valence-electron chi connectivity index (χ3n) is 3.22. The lowest BCUT2D eigenvalue weighted by molar-refractivity contribution is 1.23. The number of fused-ring (bicyclic) bond motifs is 1. The van der Waals surface area contributed by atoms with E-state index < -0.39 is 0 Å². The van der Waals surface area contributed by atoms with Crippen LogP contribution in [0.1, 0.15) is 0 Å². The Morgan fingerprint density at radius 1 is 0.800 bits per heavy atom. The fourth-order valence-electron chi connectivity index (χ4n) is 2.28. The molecule has 0 saturated heterocycles. The quantitative estimate of drug-likeness (QED) is 0.601. The molecule has 0 aliphatic rings. The van der Waals surface area contributed by atoms with Gasteiger partial charge in [0.1, 0.15) is 5.69 Å². The van der Waals surface area contributed by atoms with E-state index in [0.29, 0.717) is 0 Å². The summed E-state index contributed by atoms with van der Waals surface area (Å²) in [5.74, 6) is 0. The molecule has 0 aliphatic heterocycles. The van der Waals surface area contributed by atoms with Crippen molar-refractivity contribution in [2.75, 3.05) is 0 Å². The first-order valence-corrected chi connectivity index (χ1v) is 6.40. The summed E-state index contributed by atoms with van der Waals surface area (Å²) >= 11 is 0. The Morgan fingerprint density at radius 2 is 1.60 bits per heavy atom. The van der Waals surface area contributed by atoms with Gasteiger partial charge in [-0.05, 0) is 24.3 Å². The normalized spacial score (nSPS) is 11.0. The predicted molar refractivity (Wildman–Crippen MR) is 78.1 cm³/mol. The number of rotatable bonds is 2. The molecule has 3 heterocycles. The van der Waals surface area contributed by atoms with Crippen LogP contribution in [0.3, 0.4) is 0 Å². The number of para-hydroxylation sites is 2. The van der Waals surface area contributed by atoms with Gasteiger partial charge in [0.25, 0.3) is 0 Å². The van der Waals surface area contributed by atoms with Crippen molar-refractivity contribution in [2.45, 2.75) is 0 Å². The van der Waals surface area contributed by atoms with Crippen LogP contribution in [0, 0.1) is 0 Å². The Labute approximate surface area is 115 Å². The number of nitrogens with zero attached hydrogens (tertiary/aromatic N) is 3. The van der Waals surface area contributed by atoms with E-state index in [1.165, 1.54) is 0 Å². The lowest BCUT2D eigenvalue weighted by Gasteiger charge is -2.12. The van der Waals surface area contributed by atoms with Gasteiger partial charge in [-0.25, -0.2) is 9.97 Å². The molecule has 4 aromatic rings. The summed E-state index contributed by atoms with van der Waals surface area (Å²) in [6.07, 6.45) is 3.65. The first-order chi connectivity index (χ1) is 9.92. The summed E-state index contributed by atoms with van der Waals surface area (Å²) in [7, 11) is 0. The number of benzene rings is 1. The Morgan fingerprint density at radius 3 is 2.25 bits per heavy atom. The second-order valence-electron chi connectivity index (χ2n) is 4.52. The van der Waals surface area contributed by atoms with Gasteiger partial charge in [0.15, 0.2) is 0 Å². The molecule has 0 amide bonds. The molecule has 0 unspecified atom stereocenters. The van der Waals surface area contributed by atoms with Gasteiger partial charge in [0, 0.05) is 6.20 Å². The highest BCUT2D eigenvalue weighted by molar-refractivity contribution is 5.84.